The average molecular weight is 282 g/mol. The number of hydrogen-bond donors (Lipinski definition) is 2. The topological polar surface area (TPSA) is 84.5 Å². The van der Waals surface area contributed by atoms with Crippen molar-refractivity contribution < 1.29 is 9.53 Å². The number of alkyl carbamates (subject to hydrolysis) is 1. The van der Waals surface area contributed by atoms with Gasteiger partial charge in [0.2, 0.25) is 10.9 Å². The molecule has 2 N–H and O–H groups in total. The molecule has 0 spiro atoms. The van der Waals surface area contributed by atoms with Crippen LogP contribution in [0.3, 0.4) is 0 Å². The Hall–Kier alpha value is -1.85. The number of anilines is 1. The largest absolute Gasteiger partial charge is 0.447 e. The van der Waals surface area contributed by atoms with Gasteiger partial charge in [-0.25, -0.2) is 4.79 Å². The highest BCUT2D eigenvalue weighted by atomic mass is 16.6. The Bertz CT molecular complexity index is 529. The minimum Gasteiger partial charge on any atom is -0.447 e. The molecule has 0 bridgehead atoms. The first-order chi connectivity index (χ1) is 9.38. The van der Waals surface area contributed by atoms with Crippen LogP contribution in [-0.2, 0) is 4.74 Å². The fourth-order valence-electron chi connectivity index (χ4n) is 1.87. The third-order valence-electron chi connectivity index (χ3n) is 3.09. The Kier molecular flexibility index (Phi) is 5.73. The van der Waals surface area contributed by atoms with Crippen molar-refractivity contribution in [3.63, 3.8) is 0 Å². The maximum atomic E-state index is 11.5. The van der Waals surface area contributed by atoms with E-state index in [2.05, 4.69) is 10.6 Å². The van der Waals surface area contributed by atoms with Crippen molar-refractivity contribution in [3.8, 4) is 0 Å². The lowest BCUT2D eigenvalue weighted by Gasteiger charge is -2.17. The van der Waals surface area contributed by atoms with Crippen molar-refractivity contribution in [3.05, 3.63) is 26.0 Å². The van der Waals surface area contributed by atoms with Crippen LogP contribution in [-0.4, -0.2) is 25.3 Å². The fraction of sp³-hybridized carbons (Fsp3) is 0.643. The average Bonchev–Trinajstić information content (AvgIpc) is 2.39. The molecule has 0 aliphatic rings. The summed E-state index contributed by atoms with van der Waals surface area (Å²) in [7, 11) is 0. The van der Waals surface area contributed by atoms with Gasteiger partial charge in [-0.05, 0) is 26.2 Å². The van der Waals surface area contributed by atoms with Crippen molar-refractivity contribution in [2.75, 3.05) is 18.4 Å². The molecule has 0 aromatic heterocycles. The Balaban J connectivity index is 2.44. The van der Waals surface area contributed by atoms with Crippen LogP contribution in [0.2, 0.25) is 0 Å². The highest BCUT2D eigenvalue weighted by Gasteiger charge is 2.23. The van der Waals surface area contributed by atoms with E-state index in [9.17, 15) is 14.4 Å². The lowest BCUT2D eigenvalue weighted by molar-refractivity contribution is 0.116. The Morgan fingerprint density at radius 3 is 2.35 bits per heavy atom. The van der Waals surface area contributed by atoms with Crippen LogP contribution in [0.4, 0.5) is 10.5 Å². The number of carbonyl (C=O) groups is 1. The Morgan fingerprint density at radius 1 is 1.15 bits per heavy atom. The first-order valence-corrected chi connectivity index (χ1v) is 6.90. The summed E-state index contributed by atoms with van der Waals surface area (Å²) >= 11 is 0. The molecule has 0 saturated carbocycles. The highest BCUT2D eigenvalue weighted by molar-refractivity contribution is 5.67. The zero-order valence-corrected chi connectivity index (χ0v) is 12.4. The normalized spacial score (nSPS) is 12.4. The van der Waals surface area contributed by atoms with Gasteiger partial charge >= 0.3 is 6.09 Å². The third kappa shape index (κ3) is 3.82. The molecule has 0 aliphatic carbocycles. The second-order valence-corrected chi connectivity index (χ2v) is 5.06. The fourth-order valence-corrected chi connectivity index (χ4v) is 1.87. The molecule has 1 aromatic carbocycles. The molecule has 1 rings (SSSR count). The van der Waals surface area contributed by atoms with Gasteiger partial charge in [-0.3, -0.25) is 9.59 Å². The number of ether oxygens (including phenoxy) is 1. The Morgan fingerprint density at radius 2 is 1.80 bits per heavy atom. The van der Waals surface area contributed by atoms with E-state index in [-0.39, 0.29) is 12.0 Å². The van der Waals surface area contributed by atoms with Gasteiger partial charge in [-0.15, -0.1) is 0 Å². The molecular formula is C14H22N2O4. The molecular weight excluding hydrogens is 260 g/mol. The van der Waals surface area contributed by atoms with Gasteiger partial charge in [-0.2, -0.15) is 0 Å². The van der Waals surface area contributed by atoms with Gasteiger partial charge in [0.05, 0.1) is 11.8 Å². The molecule has 6 nitrogen and oxygen atoms in total. The first kappa shape index (κ1) is 16.2. The third-order valence-corrected chi connectivity index (χ3v) is 3.09. The zero-order chi connectivity index (χ0) is 15.3. The summed E-state index contributed by atoms with van der Waals surface area (Å²) in [5, 5.41) is 5.47. The number of carbonyl (C=O) groups excluding carboxylic acids is 1. The van der Waals surface area contributed by atoms with E-state index in [1.807, 2.05) is 13.8 Å². The summed E-state index contributed by atoms with van der Waals surface area (Å²) < 4.78 is 4.90. The molecule has 0 heterocycles. The van der Waals surface area contributed by atoms with E-state index in [0.29, 0.717) is 24.3 Å². The second-order valence-electron chi connectivity index (χ2n) is 5.06. The van der Waals surface area contributed by atoms with Crippen LogP contribution in [0.1, 0.15) is 45.6 Å². The molecule has 0 fully saturated rings. The molecule has 0 aliphatic heterocycles. The van der Waals surface area contributed by atoms with Gasteiger partial charge in [0.25, 0.3) is 0 Å². The number of rotatable bonds is 7. The Labute approximate surface area is 118 Å². The number of nitrogens with one attached hydrogen (secondary N) is 2. The summed E-state index contributed by atoms with van der Waals surface area (Å²) in [5.41, 5.74) is 0.102. The summed E-state index contributed by atoms with van der Waals surface area (Å²) in [6.07, 6.45) is 0.140. The standard InChI is InChI=1S/C14H22N2O4/c1-5-9(4)10-11(13(18)12(10)17)15-6-7-16-14(19)20-8(2)3/h8-9,15H,5-7H2,1-4H3,(H,16,19). The van der Waals surface area contributed by atoms with Crippen LogP contribution >= 0.6 is 0 Å². The van der Waals surface area contributed by atoms with Crippen molar-refractivity contribution in [1.29, 1.82) is 0 Å². The molecule has 6 heteroatoms. The predicted molar refractivity (Wildman–Crippen MR) is 78.2 cm³/mol. The minimum absolute atomic E-state index is 0.0709. The number of amides is 1. The zero-order valence-electron chi connectivity index (χ0n) is 12.4. The van der Waals surface area contributed by atoms with Crippen LogP contribution in [0.25, 0.3) is 0 Å². The quantitative estimate of drug-likeness (QED) is 0.582. The van der Waals surface area contributed by atoms with Crippen molar-refractivity contribution in [2.45, 2.75) is 46.1 Å². The molecule has 1 unspecified atom stereocenters. The molecule has 1 amide bonds. The summed E-state index contributed by atoms with van der Waals surface area (Å²) in [6, 6.07) is 0. The van der Waals surface area contributed by atoms with Crippen LogP contribution < -0.4 is 21.5 Å². The maximum Gasteiger partial charge on any atom is 0.407 e. The summed E-state index contributed by atoms with van der Waals surface area (Å²) in [6.45, 7) is 8.11. The van der Waals surface area contributed by atoms with Crippen LogP contribution in [0, 0.1) is 0 Å². The van der Waals surface area contributed by atoms with Gasteiger partial charge in [-0.1, -0.05) is 13.8 Å². The predicted octanol–water partition coefficient (Wildman–Crippen LogP) is 1.34. The first-order valence-electron chi connectivity index (χ1n) is 6.90. The lowest BCUT2D eigenvalue weighted by atomic mass is 9.92. The van der Waals surface area contributed by atoms with Crippen molar-refractivity contribution >= 4 is 11.8 Å². The minimum atomic E-state index is -0.492. The SMILES string of the molecule is CCC(C)c1c(NCCNC(=O)OC(C)C)c(=O)c1=O. The van der Waals surface area contributed by atoms with Gasteiger partial charge in [0, 0.05) is 18.7 Å². The van der Waals surface area contributed by atoms with Gasteiger partial charge < -0.3 is 15.4 Å². The molecule has 112 valence electrons. The molecule has 20 heavy (non-hydrogen) atoms. The monoisotopic (exact) mass is 282 g/mol. The van der Waals surface area contributed by atoms with Crippen LogP contribution in [0.15, 0.2) is 9.59 Å². The van der Waals surface area contributed by atoms with Crippen LogP contribution in [0.5, 0.6) is 0 Å². The van der Waals surface area contributed by atoms with E-state index >= 15 is 0 Å². The smallest absolute Gasteiger partial charge is 0.407 e. The van der Waals surface area contributed by atoms with Gasteiger partial charge in [0.1, 0.15) is 0 Å². The van der Waals surface area contributed by atoms with E-state index < -0.39 is 17.0 Å². The second kappa shape index (κ2) is 7.07. The van der Waals surface area contributed by atoms with Crippen molar-refractivity contribution in [2.24, 2.45) is 0 Å². The maximum absolute atomic E-state index is 11.5. The van der Waals surface area contributed by atoms with E-state index in [0.717, 1.165) is 6.42 Å². The molecule has 0 radical (unpaired) electrons. The van der Waals surface area contributed by atoms with E-state index in [4.69, 9.17) is 4.74 Å². The molecule has 1 aromatic rings. The van der Waals surface area contributed by atoms with Gasteiger partial charge in [0.15, 0.2) is 0 Å². The molecule has 0 saturated heterocycles. The van der Waals surface area contributed by atoms with E-state index in [1.165, 1.54) is 0 Å². The summed E-state index contributed by atoms with van der Waals surface area (Å²) in [4.78, 5) is 34.2. The van der Waals surface area contributed by atoms with E-state index in [1.54, 1.807) is 13.8 Å². The van der Waals surface area contributed by atoms with Crippen molar-refractivity contribution in [1.82, 2.24) is 5.32 Å². The molecule has 1 atom stereocenters. The number of hydrogen-bond acceptors (Lipinski definition) is 5. The highest BCUT2D eigenvalue weighted by Crippen LogP contribution is 2.21. The lowest BCUT2D eigenvalue weighted by Crippen LogP contribution is -2.41. The summed E-state index contributed by atoms with van der Waals surface area (Å²) in [5.74, 6) is 0.0709.